The fourth-order valence-electron chi connectivity index (χ4n) is 1.98. The second kappa shape index (κ2) is 9.61. The molecule has 0 aliphatic carbocycles. The van der Waals surface area contributed by atoms with E-state index < -0.39 is 5.97 Å². The van der Waals surface area contributed by atoms with Crippen LogP contribution in [0.25, 0.3) is 0 Å². The summed E-state index contributed by atoms with van der Waals surface area (Å²) in [6, 6.07) is -0.510. The molecule has 0 spiro atoms. The maximum Gasteiger partial charge on any atom is 0.315 e. The Morgan fingerprint density at radius 3 is 2.05 bits per heavy atom. The Labute approximate surface area is 122 Å². The summed E-state index contributed by atoms with van der Waals surface area (Å²) >= 11 is 0. The molecule has 0 aromatic rings. The van der Waals surface area contributed by atoms with Crippen LogP contribution in [0.1, 0.15) is 60.3 Å². The number of carbonyl (C=O) groups is 2. The molecule has 0 fully saturated rings. The van der Waals surface area contributed by atoms with E-state index in [0.29, 0.717) is 5.92 Å². The fraction of sp³-hybridized carbons (Fsp3) is 0.867. The quantitative estimate of drug-likeness (QED) is 0.609. The Morgan fingerprint density at radius 2 is 1.60 bits per heavy atom. The fourth-order valence-corrected chi connectivity index (χ4v) is 1.98. The summed E-state index contributed by atoms with van der Waals surface area (Å²) in [4.78, 5) is 22.6. The Kier molecular flexibility index (Phi) is 9.01. The molecule has 0 radical (unpaired) electrons. The Balaban J connectivity index is 4.08. The van der Waals surface area contributed by atoms with E-state index in [4.69, 9.17) is 5.11 Å². The molecule has 0 aromatic heterocycles. The number of carbonyl (C=O) groups excluding carboxylic acids is 1. The van der Waals surface area contributed by atoms with Crippen LogP contribution in [-0.4, -0.2) is 29.2 Å². The van der Waals surface area contributed by atoms with E-state index >= 15 is 0 Å². The number of carboxylic acid groups (broad SMARTS) is 1. The minimum Gasteiger partial charge on any atom is -0.481 e. The molecule has 0 heterocycles. The second-order valence-corrected chi connectivity index (χ2v) is 6.29. The molecule has 0 bridgehead atoms. The first kappa shape index (κ1) is 18.7. The molecule has 0 aliphatic rings. The lowest BCUT2D eigenvalue weighted by Gasteiger charge is -2.22. The molecular formula is C15H30N2O3. The van der Waals surface area contributed by atoms with Crippen LogP contribution in [-0.2, 0) is 4.79 Å². The molecule has 0 aliphatic heterocycles. The SMILES string of the molecule is CC(C)CCCC(C)NC(=O)NC(CC(=O)O)C(C)C. The monoisotopic (exact) mass is 286 g/mol. The standard InChI is InChI=1S/C15H30N2O3/c1-10(2)7-6-8-12(5)16-15(20)17-13(11(3)4)9-14(18)19/h10-13H,6-9H2,1-5H3,(H,18,19)(H2,16,17,20). The van der Waals surface area contributed by atoms with Gasteiger partial charge < -0.3 is 15.7 Å². The number of rotatable bonds is 9. The molecule has 0 rings (SSSR count). The molecule has 2 atom stereocenters. The number of aliphatic carboxylic acids is 1. The minimum atomic E-state index is -0.894. The number of amides is 2. The number of hydrogen-bond acceptors (Lipinski definition) is 2. The number of nitrogens with one attached hydrogen (secondary N) is 2. The van der Waals surface area contributed by atoms with Gasteiger partial charge in [0.1, 0.15) is 0 Å². The summed E-state index contributed by atoms with van der Waals surface area (Å²) in [6.07, 6.45) is 3.13. The van der Waals surface area contributed by atoms with Gasteiger partial charge in [0.2, 0.25) is 0 Å². The van der Waals surface area contributed by atoms with Crippen LogP contribution in [0.5, 0.6) is 0 Å². The van der Waals surface area contributed by atoms with Crippen molar-refractivity contribution in [1.82, 2.24) is 10.6 Å². The summed E-state index contributed by atoms with van der Waals surface area (Å²) in [5.41, 5.74) is 0. The van der Waals surface area contributed by atoms with Crippen LogP contribution in [0.15, 0.2) is 0 Å². The number of hydrogen-bond donors (Lipinski definition) is 3. The Hall–Kier alpha value is -1.26. The molecule has 5 heteroatoms. The lowest BCUT2D eigenvalue weighted by Crippen LogP contribution is -2.47. The van der Waals surface area contributed by atoms with E-state index in [0.717, 1.165) is 19.3 Å². The van der Waals surface area contributed by atoms with Gasteiger partial charge in [0, 0.05) is 12.1 Å². The molecule has 2 unspecified atom stereocenters. The van der Waals surface area contributed by atoms with Gasteiger partial charge >= 0.3 is 12.0 Å². The van der Waals surface area contributed by atoms with Crippen molar-refractivity contribution < 1.29 is 14.7 Å². The molecule has 2 amide bonds. The van der Waals surface area contributed by atoms with Crippen molar-refractivity contribution in [2.45, 2.75) is 72.4 Å². The summed E-state index contributed by atoms with van der Waals surface area (Å²) in [5, 5.41) is 14.4. The summed E-state index contributed by atoms with van der Waals surface area (Å²) in [5.74, 6) is -0.126. The van der Waals surface area contributed by atoms with Gasteiger partial charge in [-0.15, -0.1) is 0 Å². The van der Waals surface area contributed by atoms with E-state index in [1.54, 1.807) is 0 Å². The van der Waals surface area contributed by atoms with Crippen molar-refractivity contribution in [1.29, 1.82) is 0 Å². The van der Waals surface area contributed by atoms with Crippen molar-refractivity contribution in [2.75, 3.05) is 0 Å². The van der Waals surface area contributed by atoms with E-state index in [1.807, 2.05) is 20.8 Å². The zero-order chi connectivity index (χ0) is 15.7. The third-order valence-electron chi connectivity index (χ3n) is 3.31. The molecule has 20 heavy (non-hydrogen) atoms. The van der Waals surface area contributed by atoms with Gasteiger partial charge in [0.25, 0.3) is 0 Å². The van der Waals surface area contributed by atoms with Crippen LogP contribution in [0.2, 0.25) is 0 Å². The summed E-state index contributed by atoms with van der Waals surface area (Å²) in [6.45, 7) is 10.1. The summed E-state index contributed by atoms with van der Waals surface area (Å²) in [7, 11) is 0. The summed E-state index contributed by atoms with van der Waals surface area (Å²) < 4.78 is 0. The number of urea groups is 1. The molecule has 3 N–H and O–H groups in total. The maximum absolute atomic E-state index is 11.8. The first-order valence-corrected chi connectivity index (χ1v) is 7.51. The third kappa shape index (κ3) is 9.64. The lowest BCUT2D eigenvalue weighted by atomic mass is 10.0. The highest BCUT2D eigenvalue weighted by atomic mass is 16.4. The maximum atomic E-state index is 11.8. The largest absolute Gasteiger partial charge is 0.481 e. The highest BCUT2D eigenvalue weighted by Gasteiger charge is 2.19. The number of carboxylic acids is 1. The van der Waals surface area contributed by atoms with Gasteiger partial charge in [-0.1, -0.05) is 40.5 Å². The van der Waals surface area contributed by atoms with E-state index in [2.05, 4.69) is 24.5 Å². The normalized spacial score (nSPS) is 14.2. The van der Waals surface area contributed by atoms with Crippen LogP contribution < -0.4 is 10.6 Å². The van der Waals surface area contributed by atoms with Crippen LogP contribution in [0.4, 0.5) is 4.79 Å². The van der Waals surface area contributed by atoms with Gasteiger partial charge in [-0.25, -0.2) is 4.79 Å². The predicted molar refractivity (Wildman–Crippen MR) is 80.7 cm³/mol. The molecule has 0 aromatic carbocycles. The highest BCUT2D eigenvalue weighted by molar-refractivity contribution is 5.76. The van der Waals surface area contributed by atoms with Crippen molar-refractivity contribution in [2.24, 2.45) is 11.8 Å². The smallest absolute Gasteiger partial charge is 0.315 e. The average molecular weight is 286 g/mol. The Morgan fingerprint density at radius 1 is 1.00 bits per heavy atom. The average Bonchev–Trinajstić information content (AvgIpc) is 2.26. The van der Waals surface area contributed by atoms with Gasteiger partial charge in [0.05, 0.1) is 6.42 Å². The lowest BCUT2D eigenvalue weighted by molar-refractivity contribution is -0.137. The van der Waals surface area contributed by atoms with Crippen molar-refractivity contribution in [3.05, 3.63) is 0 Å². The third-order valence-corrected chi connectivity index (χ3v) is 3.31. The molecular weight excluding hydrogens is 256 g/mol. The zero-order valence-corrected chi connectivity index (χ0v) is 13.4. The minimum absolute atomic E-state index is 0.0488. The second-order valence-electron chi connectivity index (χ2n) is 6.29. The van der Waals surface area contributed by atoms with Gasteiger partial charge in [-0.3, -0.25) is 4.79 Å². The van der Waals surface area contributed by atoms with Crippen LogP contribution in [0.3, 0.4) is 0 Å². The molecule has 0 saturated carbocycles. The zero-order valence-electron chi connectivity index (χ0n) is 13.4. The van der Waals surface area contributed by atoms with E-state index in [9.17, 15) is 9.59 Å². The van der Waals surface area contributed by atoms with E-state index in [1.165, 1.54) is 0 Å². The highest BCUT2D eigenvalue weighted by Crippen LogP contribution is 2.09. The van der Waals surface area contributed by atoms with Crippen LogP contribution in [0, 0.1) is 11.8 Å². The first-order valence-electron chi connectivity index (χ1n) is 7.51. The van der Waals surface area contributed by atoms with Gasteiger partial charge in [-0.05, 0) is 25.2 Å². The van der Waals surface area contributed by atoms with E-state index in [-0.39, 0.29) is 30.5 Å². The first-order chi connectivity index (χ1) is 9.22. The van der Waals surface area contributed by atoms with Crippen LogP contribution >= 0.6 is 0 Å². The Bertz CT molecular complexity index is 303. The van der Waals surface area contributed by atoms with Crippen molar-refractivity contribution >= 4 is 12.0 Å². The molecule has 5 nitrogen and oxygen atoms in total. The van der Waals surface area contributed by atoms with Gasteiger partial charge in [-0.2, -0.15) is 0 Å². The predicted octanol–water partition coefficient (Wildman–Crippen LogP) is 3.00. The van der Waals surface area contributed by atoms with Crippen molar-refractivity contribution in [3.63, 3.8) is 0 Å². The van der Waals surface area contributed by atoms with Crippen molar-refractivity contribution in [3.8, 4) is 0 Å². The molecule has 0 saturated heterocycles. The molecule has 118 valence electrons. The van der Waals surface area contributed by atoms with Gasteiger partial charge in [0.15, 0.2) is 0 Å². The topological polar surface area (TPSA) is 78.4 Å².